The van der Waals surface area contributed by atoms with Crippen LogP contribution in [0.4, 0.5) is 5.69 Å². The van der Waals surface area contributed by atoms with Crippen LogP contribution >= 0.6 is 0 Å². The molecule has 0 saturated carbocycles. The number of rotatable bonds is 9. The van der Waals surface area contributed by atoms with Gasteiger partial charge in [0, 0.05) is 37.4 Å². The number of hydrogen-bond donors (Lipinski definition) is 1. The summed E-state index contributed by atoms with van der Waals surface area (Å²) in [7, 11) is 0. The lowest BCUT2D eigenvalue weighted by Crippen LogP contribution is -2.48. The van der Waals surface area contributed by atoms with Crippen LogP contribution in [0.1, 0.15) is 36.2 Å². The second kappa shape index (κ2) is 10.8. The van der Waals surface area contributed by atoms with Crippen LogP contribution in [0.3, 0.4) is 0 Å². The highest BCUT2D eigenvalue weighted by molar-refractivity contribution is 6.03. The molecule has 2 unspecified atom stereocenters. The van der Waals surface area contributed by atoms with Gasteiger partial charge in [-0.2, -0.15) is 0 Å². The Bertz CT molecular complexity index is 956. The zero-order valence-electron chi connectivity index (χ0n) is 19.5. The number of nitrogens with one attached hydrogen (secondary N) is 1. The first-order valence-electron chi connectivity index (χ1n) is 11.8. The number of carbonyl (C=O) groups excluding carboxylic acids is 2. The fraction of sp³-hybridized carbons (Fsp3) is 0.462. The van der Waals surface area contributed by atoms with Crippen molar-refractivity contribution in [2.45, 2.75) is 32.9 Å². The Morgan fingerprint density at radius 2 is 1.85 bits per heavy atom. The van der Waals surface area contributed by atoms with Crippen molar-refractivity contribution in [1.29, 1.82) is 0 Å². The van der Waals surface area contributed by atoms with Crippen LogP contribution in [0, 0.1) is 5.92 Å². The quantitative estimate of drug-likeness (QED) is 0.633. The number of anilines is 1. The molecule has 1 N–H and O–H groups in total. The topological polar surface area (TPSA) is 71.1 Å². The van der Waals surface area contributed by atoms with Crippen LogP contribution in [0.15, 0.2) is 48.5 Å². The SMILES string of the molecule is CCC(C)C(C(=O)Nc1ccc(OCCN2CCOCC2)cc1)N1Cc2ccccc2C1=O. The van der Waals surface area contributed by atoms with Gasteiger partial charge in [0.1, 0.15) is 18.4 Å². The minimum absolute atomic E-state index is 0.0334. The van der Waals surface area contributed by atoms with Crippen LogP contribution in [0.25, 0.3) is 0 Å². The molecule has 0 bridgehead atoms. The Morgan fingerprint density at radius 1 is 1.12 bits per heavy atom. The van der Waals surface area contributed by atoms with Crippen molar-refractivity contribution in [3.63, 3.8) is 0 Å². The number of carbonyl (C=O) groups is 2. The van der Waals surface area contributed by atoms with Gasteiger partial charge in [-0.05, 0) is 41.8 Å². The van der Waals surface area contributed by atoms with Crippen molar-refractivity contribution in [1.82, 2.24) is 9.80 Å². The molecule has 0 aromatic heterocycles. The maximum Gasteiger partial charge on any atom is 0.255 e. The van der Waals surface area contributed by atoms with Crippen LogP contribution in [0.2, 0.25) is 0 Å². The first-order valence-corrected chi connectivity index (χ1v) is 11.8. The molecule has 1 fully saturated rings. The Hall–Kier alpha value is -2.90. The van der Waals surface area contributed by atoms with E-state index in [0.717, 1.165) is 50.6 Å². The van der Waals surface area contributed by atoms with Crippen molar-refractivity contribution in [3.05, 3.63) is 59.7 Å². The molecule has 7 nitrogen and oxygen atoms in total. The Kier molecular flexibility index (Phi) is 7.62. The molecule has 1 saturated heterocycles. The third kappa shape index (κ3) is 5.54. The number of morpholine rings is 1. The third-order valence-corrected chi connectivity index (χ3v) is 6.54. The predicted molar refractivity (Wildman–Crippen MR) is 127 cm³/mol. The molecule has 2 heterocycles. The number of benzene rings is 2. The van der Waals surface area contributed by atoms with E-state index < -0.39 is 6.04 Å². The number of fused-ring (bicyclic) bond motifs is 1. The van der Waals surface area contributed by atoms with Gasteiger partial charge in [0.2, 0.25) is 5.91 Å². The summed E-state index contributed by atoms with van der Waals surface area (Å²) in [6, 6.07) is 14.5. The van der Waals surface area contributed by atoms with E-state index in [1.807, 2.05) is 62.4 Å². The summed E-state index contributed by atoms with van der Waals surface area (Å²) in [5, 5.41) is 3.01. The fourth-order valence-corrected chi connectivity index (χ4v) is 4.40. The summed E-state index contributed by atoms with van der Waals surface area (Å²) in [4.78, 5) is 30.3. The van der Waals surface area contributed by atoms with E-state index in [4.69, 9.17) is 9.47 Å². The third-order valence-electron chi connectivity index (χ3n) is 6.54. The Balaban J connectivity index is 1.35. The van der Waals surface area contributed by atoms with Crippen LogP contribution in [-0.2, 0) is 16.1 Å². The van der Waals surface area contributed by atoms with Gasteiger partial charge in [-0.25, -0.2) is 0 Å². The van der Waals surface area contributed by atoms with E-state index in [2.05, 4.69) is 10.2 Å². The highest BCUT2D eigenvalue weighted by Gasteiger charge is 2.38. The normalized spacial score (nSPS) is 18.0. The number of ether oxygens (including phenoxy) is 2. The van der Waals surface area contributed by atoms with E-state index in [-0.39, 0.29) is 17.7 Å². The predicted octanol–water partition coefficient (Wildman–Crippen LogP) is 3.41. The van der Waals surface area contributed by atoms with E-state index in [1.165, 1.54) is 0 Å². The van der Waals surface area contributed by atoms with Gasteiger partial charge in [-0.15, -0.1) is 0 Å². The lowest BCUT2D eigenvalue weighted by molar-refractivity contribution is -0.122. The molecule has 4 rings (SSSR count). The monoisotopic (exact) mass is 451 g/mol. The zero-order chi connectivity index (χ0) is 23.2. The second-order valence-electron chi connectivity index (χ2n) is 8.74. The van der Waals surface area contributed by atoms with Crippen molar-refractivity contribution < 1.29 is 19.1 Å². The summed E-state index contributed by atoms with van der Waals surface area (Å²) in [6.07, 6.45) is 0.800. The first-order chi connectivity index (χ1) is 16.1. The summed E-state index contributed by atoms with van der Waals surface area (Å²) in [5.74, 6) is 0.567. The average molecular weight is 452 g/mol. The van der Waals surface area contributed by atoms with Crippen molar-refractivity contribution in [2.75, 3.05) is 44.8 Å². The molecule has 33 heavy (non-hydrogen) atoms. The maximum absolute atomic E-state index is 13.3. The Labute approximate surface area is 195 Å². The lowest BCUT2D eigenvalue weighted by atomic mass is 9.96. The highest BCUT2D eigenvalue weighted by atomic mass is 16.5. The number of nitrogens with zero attached hydrogens (tertiary/aromatic N) is 2. The van der Waals surface area contributed by atoms with Gasteiger partial charge >= 0.3 is 0 Å². The van der Waals surface area contributed by atoms with Gasteiger partial charge in [-0.3, -0.25) is 14.5 Å². The molecule has 2 atom stereocenters. The van der Waals surface area contributed by atoms with Crippen LogP contribution < -0.4 is 10.1 Å². The largest absolute Gasteiger partial charge is 0.492 e. The Morgan fingerprint density at radius 3 is 2.55 bits per heavy atom. The molecule has 0 aliphatic carbocycles. The van der Waals surface area contributed by atoms with Gasteiger partial charge < -0.3 is 19.7 Å². The van der Waals surface area contributed by atoms with Crippen LogP contribution in [-0.4, -0.2) is 67.1 Å². The van der Waals surface area contributed by atoms with Gasteiger partial charge in [-0.1, -0.05) is 38.5 Å². The van der Waals surface area contributed by atoms with Crippen molar-refractivity contribution >= 4 is 17.5 Å². The van der Waals surface area contributed by atoms with Crippen molar-refractivity contribution in [3.8, 4) is 5.75 Å². The van der Waals surface area contributed by atoms with E-state index in [0.29, 0.717) is 24.4 Å². The molecule has 2 aliphatic rings. The minimum atomic E-state index is -0.528. The van der Waals surface area contributed by atoms with E-state index in [9.17, 15) is 9.59 Å². The summed E-state index contributed by atoms with van der Waals surface area (Å²) >= 11 is 0. The molecule has 2 amide bonds. The number of amides is 2. The molecular weight excluding hydrogens is 418 g/mol. The summed E-state index contributed by atoms with van der Waals surface area (Å²) in [5.41, 5.74) is 2.36. The lowest BCUT2D eigenvalue weighted by Gasteiger charge is -2.31. The van der Waals surface area contributed by atoms with E-state index in [1.54, 1.807) is 4.90 Å². The minimum Gasteiger partial charge on any atom is -0.492 e. The molecule has 0 radical (unpaired) electrons. The average Bonchev–Trinajstić information content (AvgIpc) is 3.17. The standard InChI is InChI=1S/C26H33N3O4/c1-3-19(2)24(29-18-20-6-4-5-7-23(20)26(29)31)25(30)27-21-8-10-22(11-9-21)33-17-14-28-12-15-32-16-13-28/h4-11,19,24H,3,12-18H2,1-2H3,(H,27,30). The molecule has 0 spiro atoms. The smallest absolute Gasteiger partial charge is 0.255 e. The van der Waals surface area contributed by atoms with Gasteiger partial charge in [0.25, 0.3) is 5.91 Å². The maximum atomic E-state index is 13.3. The van der Waals surface area contributed by atoms with Crippen LogP contribution in [0.5, 0.6) is 5.75 Å². The zero-order valence-corrected chi connectivity index (χ0v) is 19.5. The summed E-state index contributed by atoms with van der Waals surface area (Å²) < 4.78 is 11.2. The first kappa shape index (κ1) is 23.3. The molecule has 2 aliphatic heterocycles. The fourth-order valence-electron chi connectivity index (χ4n) is 4.40. The summed E-state index contributed by atoms with van der Waals surface area (Å²) in [6.45, 7) is 9.44. The van der Waals surface area contributed by atoms with Crippen molar-refractivity contribution in [2.24, 2.45) is 5.92 Å². The van der Waals surface area contributed by atoms with Gasteiger partial charge in [0.15, 0.2) is 0 Å². The molecule has 176 valence electrons. The molecule has 2 aromatic carbocycles. The molecular formula is C26H33N3O4. The molecule has 7 heteroatoms. The second-order valence-corrected chi connectivity index (χ2v) is 8.74. The highest BCUT2D eigenvalue weighted by Crippen LogP contribution is 2.29. The van der Waals surface area contributed by atoms with Gasteiger partial charge in [0.05, 0.1) is 13.2 Å². The number of hydrogen-bond acceptors (Lipinski definition) is 5. The van der Waals surface area contributed by atoms with E-state index >= 15 is 0 Å². The molecule has 2 aromatic rings.